The summed E-state index contributed by atoms with van der Waals surface area (Å²) in [7, 11) is 0. The Bertz CT molecular complexity index is 626. The Kier molecular flexibility index (Phi) is 4.46. The van der Waals surface area contributed by atoms with Crippen LogP contribution in [0.5, 0.6) is 5.75 Å². The van der Waals surface area contributed by atoms with Crippen LogP contribution in [-0.4, -0.2) is 34.2 Å². The highest BCUT2D eigenvalue weighted by Gasteiger charge is 2.20. The van der Waals surface area contributed by atoms with Gasteiger partial charge < -0.3 is 9.47 Å². The number of nitrogens with zero attached hydrogens (tertiary/aromatic N) is 3. The minimum Gasteiger partial charge on any atom is -0.461 e. The van der Waals surface area contributed by atoms with Gasteiger partial charge in [0.25, 0.3) is 0 Å². The largest absolute Gasteiger partial charge is 0.461 e. The smallest absolute Gasteiger partial charge is 0.387 e. The van der Waals surface area contributed by atoms with Gasteiger partial charge in [0.05, 0.1) is 18.0 Å². The van der Waals surface area contributed by atoms with Gasteiger partial charge in [0.2, 0.25) is 0 Å². The Morgan fingerprint density at radius 1 is 1.33 bits per heavy atom. The average molecular weight is 297 g/mol. The van der Waals surface area contributed by atoms with E-state index in [1.54, 1.807) is 13.8 Å². The molecule has 2 rings (SSSR count). The van der Waals surface area contributed by atoms with Crippen LogP contribution in [0.4, 0.5) is 8.78 Å². The van der Waals surface area contributed by atoms with Crippen LogP contribution in [-0.2, 0) is 4.74 Å². The molecule has 0 bridgehead atoms. The summed E-state index contributed by atoms with van der Waals surface area (Å²) < 4.78 is 34.7. The third kappa shape index (κ3) is 3.33. The maximum absolute atomic E-state index is 12.1. The van der Waals surface area contributed by atoms with Crippen molar-refractivity contribution in [2.75, 3.05) is 6.61 Å². The van der Waals surface area contributed by atoms with Crippen LogP contribution in [0.25, 0.3) is 5.69 Å². The number of hydrogen-bond donors (Lipinski definition) is 0. The van der Waals surface area contributed by atoms with E-state index in [1.807, 2.05) is 0 Å². The average Bonchev–Trinajstić information content (AvgIpc) is 2.81. The molecule has 0 radical (unpaired) electrons. The predicted octanol–water partition coefficient (Wildman–Crippen LogP) is 2.35. The van der Waals surface area contributed by atoms with E-state index < -0.39 is 12.6 Å². The van der Waals surface area contributed by atoms with E-state index >= 15 is 0 Å². The lowest BCUT2D eigenvalue weighted by atomic mass is 10.2. The van der Waals surface area contributed by atoms with Crippen LogP contribution in [0.3, 0.4) is 0 Å². The van der Waals surface area contributed by atoms with E-state index in [4.69, 9.17) is 4.74 Å². The first-order chi connectivity index (χ1) is 10.0. The van der Waals surface area contributed by atoms with Gasteiger partial charge in [0.1, 0.15) is 5.75 Å². The molecule has 0 aliphatic carbocycles. The molecule has 1 heterocycles. The fraction of sp³-hybridized carbons (Fsp3) is 0.308. The Morgan fingerprint density at radius 3 is 2.57 bits per heavy atom. The van der Waals surface area contributed by atoms with Crippen molar-refractivity contribution in [3.63, 3.8) is 0 Å². The van der Waals surface area contributed by atoms with Gasteiger partial charge in [0, 0.05) is 0 Å². The summed E-state index contributed by atoms with van der Waals surface area (Å²) >= 11 is 0. The summed E-state index contributed by atoms with van der Waals surface area (Å²) in [5.41, 5.74) is 1.10. The lowest BCUT2D eigenvalue weighted by Gasteiger charge is -2.08. The van der Waals surface area contributed by atoms with E-state index in [2.05, 4.69) is 15.0 Å². The van der Waals surface area contributed by atoms with Crippen molar-refractivity contribution in [3.05, 3.63) is 35.7 Å². The Hall–Kier alpha value is -2.51. The molecule has 0 unspecified atom stereocenters. The van der Waals surface area contributed by atoms with Crippen molar-refractivity contribution < 1.29 is 23.0 Å². The van der Waals surface area contributed by atoms with Crippen molar-refractivity contribution in [2.24, 2.45) is 0 Å². The summed E-state index contributed by atoms with van der Waals surface area (Å²) in [6.07, 6.45) is 0. The lowest BCUT2D eigenvalue weighted by Crippen LogP contribution is -2.13. The quantitative estimate of drug-likeness (QED) is 0.793. The number of hydrogen-bond acceptors (Lipinski definition) is 5. The molecule has 6 nitrogen and oxygen atoms in total. The molecule has 0 saturated carbocycles. The van der Waals surface area contributed by atoms with Crippen molar-refractivity contribution >= 4 is 5.97 Å². The lowest BCUT2D eigenvalue weighted by molar-refractivity contribution is -0.0498. The molecular weight excluding hydrogens is 284 g/mol. The molecule has 2 aromatic rings. The number of carbonyl (C=O) groups is 1. The first kappa shape index (κ1) is 14.9. The number of alkyl halides is 2. The molecule has 0 spiro atoms. The topological polar surface area (TPSA) is 66.2 Å². The van der Waals surface area contributed by atoms with Crippen LogP contribution >= 0.6 is 0 Å². The highest BCUT2D eigenvalue weighted by atomic mass is 19.3. The maximum atomic E-state index is 12.1. The van der Waals surface area contributed by atoms with Crippen molar-refractivity contribution in [2.45, 2.75) is 20.5 Å². The third-order valence-corrected chi connectivity index (χ3v) is 2.61. The van der Waals surface area contributed by atoms with Gasteiger partial charge in [-0.2, -0.15) is 8.78 Å². The fourth-order valence-corrected chi connectivity index (χ4v) is 1.74. The van der Waals surface area contributed by atoms with Crippen LogP contribution in [0, 0.1) is 6.92 Å². The van der Waals surface area contributed by atoms with Crippen LogP contribution in [0.2, 0.25) is 0 Å². The highest BCUT2D eigenvalue weighted by molar-refractivity contribution is 5.89. The number of ether oxygens (including phenoxy) is 2. The van der Waals surface area contributed by atoms with E-state index in [0.29, 0.717) is 11.4 Å². The molecule has 0 saturated heterocycles. The normalized spacial score (nSPS) is 10.7. The van der Waals surface area contributed by atoms with Gasteiger partial charge in [0.15, 0.2) is 5.69 Å². The third-order valence-electron chi connectivity index (χ3n) is 2.61. The second-order valence-electron chi connectivity index (χ2n) is 4.03. The summed E-state index contributed by atoms with van der Waals surface area (Å²) in [5, 5.41) is 7.68. The van der Waals surface area contributed by atoms with E-state index in [9.17, 15) is 13.6 Å². The Labute approximate surface area is 119 Å². The van der Waals surface area contributed by atoms with Gasteiger partial charge >= 0.3 is 12.6 Å². The number of aromatic nitrogens is 3. The highest BCUT2D eigenvalue weighted by Crippen LogP contribution is 2.19. The number of halogens is 2. The minimum absolute atomic E-state index is 0.0169. The van der Waals surface area contributed by atoms with Gasteiger partial charge in [-0.3, -0.25) is 0 Å². The van der Waals surface area contributed by atoms with Crippen LogP contribution in [0.15, 0.2) is 24.3 Å². The SMILES string of the molecule is CCOC(=O)c1c(C)nnn1-c1ccc(OC(F)F)cc1. The van der Waals surface area contributed by atoms with Gasteiger partial charge in [-0.15, -0.1) is 5.10 Å². The number of esters is 1. The standard InChI is InChI=1S/C13H13F2N3O3/c1-3-20-12(19)11-8(2)16-17-18(11)9-4-6-10(7-5-9)21-13(14)15/h4-7,13H,3H2,1-2H3. The zero-order valence-electron chi connectivity index (χ0n) is 11.4. The molecule has 0 atom stereocenters. The molecule has 21 heavy (non-hydrogen) atoms. The summed E-state index contributed by atoms with van der Waals surface area (Å²) in [6.45, 7) is 0.659. The molecule has 0 aliphatic heterocycles. The molecule has 112 valence electrons. The molecule has 0 fully saturated rings. The molecule has 0 N–H and O–H groups in total. The number of carbonyl (C=O) groups excluding carboxylic acids is 1. The second-order valence-corrected chi connectivity index (χ2v) is 4.03. The van der Waals surface area contributed by atoms with E-state index in [-0.39, 0.29) is 18.1 Å². The van der Waals surface area contributed by atoms with Gasteiger partial charge in [-0.1, -0.05) is 5.21 Å². The Morgan fingerprint density at radius 2 is 2.00 bits per heavy atom. The zero-order valence-corrected chi connectivity index (χ0v) is 11.4. The molecule has 1 aromatic carbocycles. The number of rotatable bonds is 5. The van der Waals surface area contributed by atoms with Crippen LogP contribution in [0.1, 0.15) is 23.1 Å². The second kappa shape index (κ2) is 6.29. The fourth-order valence-electron chi connectivity index (χ4n) is 1.74. The molecular formula is C13H13F2N3O3. The molecule has 1 aromatic heterocycles. The Balaban J connectivity index is 2.32. The van der Waals surface area contributed by atoms with Crippen molar-refractivity contribution in [3.8, 4) is 11.4 Å². The monoisotopic (exact) mass is 297 g/mol. The van der Waals surface area contributed by atoms with Crippen molar-refractivity contribution in [1.82, 2.24) is 15.0 Å². The molecule has 0 amide bonds. The van der Waals surface area contributed by atoms with E-state index in [1.165, 1.54) is 28.9 Å². The summed E-state index contributed by atoms with van der Waals surface area (Å²) in [5.74, 6) is -0.531. The summed E-state index contributed by atoms with van der Waals surface area (Å²) in [6, 6.07) is 5.70. The first-order valence-corrected chi connectivity index (χ1v) is 6.17. The predicted molar refractivity (Wildman–Crippen MR) is 68.7 cm³/mol. The molecule has 8 heteroatoms. The van der Waals surface area contributed by atoms with E-state index in [0.717, 1.165) is 0 Å². The number of aryl methyl sites for hydroxylation is 1. The summed E-state index contributed by atoms with van der Waals surface area (Å²) in [4.78, 5) is 11.9. The van der Waals surface area contributed by atoms with Crippen LogP contribution < -0.4 is 4.74 Å². The zero-order chi connectivity index (χ0) is 15.4. The van der Waals surface area contributed by atoms with Gasteiger partial charge in [-0.05, 0) is 38.1 Å². The maximum Gasteiger partial charge on any atom is 0.387 e. The first-order valence-electron chi connectivity index (χ1n) is 6.17. The van der Waals surface area contributed by atoms with Crippen molar-refractivity contribution in [1.29, 1.82) is 0 Å². The minimum atomic E-state index is -2.89. The van der Waals surface area contributed by atoms with Gasteiger partial charge in [-0.25, -0.2) is 9.48 Å². The number of benzene rings is 1. The molecule has 0 aliphatic rings.